The Labute approximate surface area is 157 Å². The molecule has 0 bridgehead atoms. The van der Waals surface area contributed by atoms with Crippen molar-refractivity contribution in [1.82, 2.24) is 9.80 Å². The lowest BCUT2D eigenvalue weighted by Crippen LogP contribution is -2.53. The third-order valence-electron chi connectivity index (χ3n) is 5.34. The molecule has 2 amide bonds. The fourth-order valence-electron chi connectivity index (χ4n) is 3.71. The zero-order chi connectivity index (χ0) is 19.8. The van der Waals surface area contributed by atoms with Gasteiger partial charge >= 0.3 is 0 Å². The second kappa shape index (κ2) is 7.53. The highest BCUT2D eigenvalue weighted by Crippen LogP contribution is 2.31. The van der Waals surface area contributed by atoms with Crippen molar-refractivity contribution in [1.29, 1.82) is 0 Å². The Hall–Kier alpha value is -2.03. The van der Waals surface area contributed by atoms with Gasteiger partial charge in [-0.3, -0.25) is 9.59 Å². The van der Waals surface area contributed by atoms with Crippen LogP contribution in [0.2, 0.25) is 0 Å². The average molecular weight is 400 g/mol. The van der Waals surface area contributed by atoms with Crippen molar-refractivity contribution in [2.24, 2.45) is 5.92 Å². The van der Waals surface area contributed by atoms with E-state index in [4.69, 9.17) is 0 Å². The van der Waals surface area contributed by atoms with Crippen molar-refractivity contribution in [2.45, 2.75) is 25.8 Å². The molecule has 0 aromatic heterocycles. The molecule has 1 aromatic carbocycles. The highest BCUT2D eigenvalue weighted by atomic mass is 32.2. The number of amides is 2. The van der Waals surface area contributed by atoms with Gasteiger partial charge in [-0.2, -0.15) is 0 Å². The molecule has 2 fully saturated rings. The van der Waals surface area contributed by atoms with E-state index in [1.54, 1.807) is 9.80 Å². The summed E-state index contributed by atoms with van der Waals surface area (Å²) < 4.78 is 50.3. The van der Waals surface area contributed by atoms with Crippen molar-refractivity contribution >= 4 is 21.7 Å². The van der Waals surface area contributed by atoms with Gasteiger partial charge in [-0.05, 0) is 30.5 Å². The average Bonchev–Trinajstić information content (AvgIpc) is 2.63. The van der Waals surface area contributed by atoms with Gasteiger partial charge in [0.05, 0.1) is 17.5 Å². The minimum Gasteiger partial charge on any atom is -0.339 e. The topological polar surface area (TPSA) is 74.8 Å². The third-order valence-corrected chi connectivity index (χ3v) is 7.06. The van der Waals surface area contributed by atoms with E-state index >= 15 is 0 Å². The number of piperazine rings is 1. The first-order valence-corrected chi connectivity index (χ1v) is 10.7. The Morgan fingerprint density at radius 1 is 1.07 bits per heavy atom. The molecule has 2 aliphatic rings. The van der Waals surface area contributed by atoms with Crippen LogP contribution in [-0.4, -0.2) is 61.2 Å². The number of carbonyl (C=O) groups is 2. The van der Waals surface area contributed by atoms with E-state index in [1.807, 2.05) is 0 Å². The Bertz CT molecular complexity index is 845. The molecule has 2 saturated heterocycles. The first kappa shape index (κ1) is 19.7. The molecule has 2 aliphatic heterocycles. The van der Waals surface area contributed by atoms with Gasteiger partial charge < -0.3 is 9.80 Å². The van der Waals surface area contributed by atoms with Crippen LogP contribution in [0.4, 0.5) is 8.78 Å². The van der Waals surface area contributed by atoms with E-state index in [2.05, 4.69) is 0 Å². The number of rotatable bonds is 2. The van der Waals surface area contributed by atoms with Gasteiger partial charge in [0.1, 0.15) is 9.84 Å². The summed E-state index contributed by atoms with van der Waals surface area (Å²) >= 11 is 0. The first-order chi connectivity index (χ1) is 12.7. The summed E-state index contributed by atoms with van der Waals surface area (Å²) in [6.07, 6.45) is 0.525. The van der Waals surface area contributed by atoms with Gasteiger partial charge in [0.25, 0.3) is 0 Å². The molecule has 0 spiro atoms. The summed E-state index contributed by atoms with van der Waals surface area (Å²) in [6.45, 7) is 2.24. The molecule has 2 heterocycles. The minimum atomic E-state index is -3.09. The van der Waals surface area contributed by atoms with Crippen LogP contribution < -0.4 is 0 Å². The van der Waals surface area contributed by atoms with E-state index in [9.17, 15) is 26.8 Å². The molecule has 1 aromatic rings. The molecule has 0 aliphatic carbocycles. The SMILES string of the molecule is CC(=O)N1CCN(C(=O)C2CCS(=O)(=O)CC2)C(c2ccc(F)c(F)c2)C1. The summed E-state index contributed by atoms with van der Waals surface area (Å²) in [5, 5.41) is 0. The van der Waals surface area contributed by atoms with Gasteiger partial charge in [-0.25, -0.2) is 17.2 Å². The van der Waals surface area contributed by atoms with Crippen molar-refractivity contribution in [3.63, 3.8) is 0 Å². The maximum absolute atomic E-state index is 13.7. The molecule has 0 radical (unpaired) electrons. The zero-order valence-electron chi connectivity index (χ0n) is 15.0. The number of benzene rings is 1. The predicted octanol–water partition coefficient (Wildman–Crippen LogP) is 1.52. The van der Waals surface area contributed by atoms with Gasteiger partial charge in [0.15, 0.2) is 11.6 Å². The van der Waals surface area contributed by atoms with Crippen molar-refractivity contribution in [3.05, 3.63) is 35.4 Å². The van der Waals surface area contributed by atoms with E-state index < -0.39 is 33.4 Å². The normalized spacial score (nSPS) is 23.3. The lowest BCUT2D eigenvalue weighted by molar-refractivity contribution is -0.145. The van der Waals surface area contributed by atoms with E-state index in [0.717, 1.165) is 12.1 Å². The fourth-order valence-corrected chi connectivity index (χ4v) is 5.20. The quantitative estimate of drug-likeness (QED) is 0.755. The Morgan fingerprint density at radius 2 is 1.74 bits per heavy atom. The highest BCUT2D eigenvalue weighted by Gasteiger charge is 2.38. The van der Waals surface area contributed by atoms with Crippen LogP contribution in [0.5, 0.6) is 0 Å². The van der Waals surface area contributed by atoms with Crippen LogP contribution in [0.25, 0.3) is 0 Å². The second-order valence-corrected chi connectivity index (χ2v) is 9.42. The predicted molar refractivity (Wildman–Crippen MR) is 94.4 cm³/mol. The summed E-state index contributed by atoms with van der Waals surface area (Å²) in [7, 11) is -3.09. The Morgan fingerprint density at radius 3 is 2.33 bits per heavy atom. The highest BCUT2D eigenvalue weighted by molar-refractivity contribution is 7.91. The smallest absolute Gasteiger partial charge is 0.226 e. The number of hydrogen-bond acceptors (Lipinski definition) is 4. The number of carbonyl (C=O) groups excluding carboxylic acids is 2. The van der Waals surface area contributed by atoms with Crippen molar-refractivity contribution in [3.8, 4) is 0 Å². The van der Waals surface area contributed by atoms with E-state index in [0.29, 0.717) is 12.1 Å². The minimum absolute atomic E-state index is 0.0212. The molecule has 0 saturated carbocycles. The van der Waals surface area contributed by atoms with E-state index in [-0.39, 0.29) is 49.3 Å². The second-order valence-electron chi connectivity index (χ2n) is 7.11. The van der Waals surface area contributed by atoms with Gasteiger partial charge in [0, 0.05) is 32.5 Å². The number of nitrogens with zero attached hydrogens (tertiary/aromatic N) is 2. The molecule has 6 nitrogen and oxygen atoms in total. The number of sulfone groups is 1. The molecular formula is C18H22F2N2O4S. The lowest BCUT2D eigenvalue weighted by atomic mass is 9.96. The molecule has 3 rings (SSSR count). The number of hydrogen-bond donors (Lipinski definition) is 0. The lowest BCUT2D eigenvalue weighted by Gasteiger charge is -2.43. The standard InChI is InChI=1S/C18H22F2N2O4S/c1-12(23)21-6-7-22(18(24)13-4-8-27(25,26)9-5-13)17(11-21)14-2-3-15(19)16(20)10-14/h2-3,10,13,17H,4-9,11H2,1H3. The molecule has 0 N–H and O–H groups in total. The van der Waals surface area contributed by atoms with Crippen LogP contribution in [0.1, 0.15) is 31.4 Å². The molecule has 1 atom stereocenters. The van der Waals surface area contributed by atoms with Gasteiger partial charge in [-0.15, -0.1) is 0 Å². The first-order valence-electron chi connectivity index (χ1n) is 8.89. The van der Waals surface area contributed by atoms with Crippen molar-refractivity contribution < 1.29 is 26.8 Å². The zero-order valence-corrected chi connectivity index (χ0v) is 15.8. The Balaban J connectivity index is 1.86. The molecule has 148 valence electrons. The van der Waals surface area contributed by atoms with Crippen LogP contribution in [0.3, 0.4) is 0 Å². The third kappa shape index (κ3) is 4.28. The molecular weight excluding hydrogens is 378 g/mol. The molecule has 1 unspecified atom stereocenters. The largest absolute Gasteiger partial charge is 0.339 e. The van der Waals surface area contributed by atoms with Gasteiger partial charge in [-0.1, -0.05) is 6.07 Å². The van der Waals surface area contributed by atoms with Gasteiger partial charge in [0.2, 0.25) is 11.8 Å². The van der Waals surface area contributed by atoms with Crippen LogP contribution >= 0.6 is 0 Å². The summed E-state index contributed by atoms with van der Waals surface area (Å²) in [4.78, 5) is 28.0. The van der Waals surface area contributed by atoms with Crippen LogP contribution in [0, 0.1) is 17.6 Å². The number of halogens is 2. The van der Waals surface area contributed by atoms with E-state index in [1.165, 1.54) is 13.0 Å². The van der Waals surface area contributed by atoms with Crippen LogP contribution in [0.15, 0.2) is 18.2 Å². The molecule has 9 heteroatoms. The van der Waals surface area contributed by atoms with Crippen LogP contribution in [-0.2, 0) is 19.4 Å². The molecule has 27 heavy (non-hydrogen) atoms. The monoisotopic (exact) mass is 400 g/mol. The maximum Gasteiger partial charge on any atom is 0.226 e. The summed E-state index contributed by atoms with van der Waals surface area (Å²) in [5.41, 5.74) is 0.414. The van der Waals surface area contributed by atoms with Crippen molar-refractivity contribution in [2.75, 3.05) is 31.1 Å². The summed E-state index contributed by atoms with van der Waals surface area (Å²) in [5.74, 6) is -2.79. The fraction of sp³-hybridized carbons (Fsp3) is 0.556. The maximum atomic E-state index is 13.7. The Kier molecular flexibility index (Phi) is 5.50. The summed E-state index contributed by atoms with van der Waals surface area (Å²) in [6, 6.07) is 2.88.